The van der Waals surface area contributed by atoms with Crippen LogP contribution in [0.25, 0.3) is 0 Å². The van der Waals surface area contributed by atoms with Crippen molar-refractivity contribution in [2.45, 2.75) is 6.92 Å². The van der Waals surface area contributed by atoms with Gasteiger partial charge in [0.2, 0.25) is 0 Å². The van der Waals surface area contributed by atoms with Gasteiger partial charge in [-0.3, -0.25) is 10.1 Å². The molecule has 0 spiro atoms. The number of aliphatic hydroxyl groups is 1. The molecule has 1 rings (SSSR count). The summed E-state index contributed by atoms with van der Waals surface area (Å²) in [4.78, 5) is 20.6. The third-order valence-electron chi connectivity index (χ3n) is 2.47. The number of nitro groups is 1. The number of carboxylic acids is 1. The molecule has 0 fully saturated rings. The van der Waals surface area contributed by atoms with E-state index in [1.165, 1.54) is 0 Å². The number of benzene rings is 1. The number of hydrogen-bond donors (Lipinski definition) is 3. The lowest BCUT2D eigenvalue weighted by atomic mass is 10.1. The van der Waals surface area contributed by atoms with Crippen LogP contribution >= 0.6 is 0 Å². The summed E-state index contributed by atoms with van der Waals surface area (Å²) in [5, 5.41) is 30.9. The number of carbonyl (C=O) groups is 1. The molecule has 3 N–H and O–H groups in total. The molecular weight excluding hydrogens is 259 g/mol. The molecule has 0 saturated carbocycles. The highest BCUT2D eigenvalue weighted by Crippen LogP contribution is 2.26. The van der Waals surface area contributed by atoms with Gasteiger partial charge in [0, 0.05) is 13.2 Å². The normalized spacial score (nSPS) is 11.9. The molecule has 1 unspecified atom stereocenters. The lowest BCUT2D eigenvalue weighted by molar-refractivity contribution is -0.385. The van der Waals surface area contributed by atoms with Crippen molar-refractivity contribution in [2.75, 3.05) is 18.5 Å². The van der Waals surface area contributed by atoms with E-state index >= 15 is 0 Å². The number of anilines is 1. The number of aliphatic hydroxyl groups excluding tert-OH is 1. The van der Waals surface area contributed by atoms with Gasteiger partial charge in [-0.25, -0.2) is 9.18 Å². The number of halogens is 1. The predicted molar refractivity (Wildman–Crippen MR) is 64.8 cm³/mol. The number of carboxylic acid groups (broad SMARTS) is 1. The zero-order chi connectivity index (χ0) is 14.6. The fraction of sp³-hybridized carbons (Fsp3) is 0.364. The summed E-state index contributed by atoms with van der Waals surface area (Å²) in [5.74, 6) is -2.59. The van der Waals surface area contributed by atoms with E-state index in [0.29, 0.717) is 6.07 Å². The first-order valence-corrected chi connectivity index (χ1v) is 5.42. The standard InChI is InChI=1S/C11H13FN2O5/c1-6(5-15)4-13-9-2-7(11(16)17)10(14(18)19)3-8(9)12/h2-3,6,13,15H,4-5H2,1H3,(H,16,17). The molecule has 1 atom stereocenters. The second kappa shape index (κ2) is 6.10. The molecule has 1 aromatic carbocycles. The molecule has 1 aromatic rings. The van der Waals surface area contributed by atoms with Gasteiger partial charge in [0.15, 0.2) is 5.82 Å². The lowest BCUT2D eigenvalue weighted by Crippen LogP contribution is -2.16. The van der Waals surface area contributed by atoms with E-state index in [-0.39, 0.29) is 24.8 Å². The molecule has 0 heterocycles. The molecule has 0 aromatic heterocycles. The summed E-state index contributed by atoms with van der Waals surface area (Å²) in [7, 11) is 0. The Labute approximate surface area is 107 Å². The molecule has 19 heavy (non-hydrogen) atoms. The number of hydrogen-bond acceptors (Lipinski definition) is 5. The first kappa shape index (κ1) is 14.8. The topological polar surface area (TPSA) is 113 Å². The van der Waals surface area contributed by atoms with Crippen LogP contribution in [0.2, 0.25) is 0 Å². The fourth-order valence-electron chi connectivity index (χ4n) is 1.37. The molecule has 0 bridgehead atoms. The Morgan fingerprint density at radius 3 is 2.68 bits per heavy atom. The van der Waals surface area contributed by atoms with Gasteiger partial charge in [0.1, 0.15) is 5.56 Å². The van der Waals surface area contributed by atoms with Crippen LogP contribution in [0.15, 0.2) is 12.1 Å². The Morgan fingerprint density at radius 2 is 2.21 bits per heavy atom. The molecule has 104 valence electrons. The van der Waals surface area contributed by atoms with Gasteiger partial charge in [-0.2, -0.15) is 0 Å². The summed E-state index contributed by atoms with van der Waals surface area (Å²) in [6, 6.07) is 1.44. The Morgan fingerprint density at radius 1 is 1.58 bits per heavy atom. The first-order valence-electron chi connectivity index (χ1n) is 5.42. The minimum atomic E-state index is -1.51. The van der Waals surface area contributed by atoms with E-state index in [4.69, 9.17) is 10.2 Å². The largest absolute Gasteiger partial charge is 0.477 e. The summed E-state index contributed by atoms with van der Waals surface area (Å²) in [6.45, 7) is 1.80. The lowest BCUT2D eigenvalue weighted by Gasteiger charge is -2.12. The van der Waals surface area contributed by atoms with Crippen molar-refractivity contribution in [3.05, 3.63) is 33.6 Å². The maximum absolute atomic E-state index is 13.6. The van der Waals surface area contributed by atoms with E-state index in [2.05, 4.69) is 5.32 Å². The van der Waals surface area contributed by atoms with E-state index in [9.17, 15) is 19.3 Å². The van der Waals surface area contributed by atoms with E-state index in [0.717, 1.165) is 6.07 Å². The second-order valence-corrected chi connectivity index (χ2v) is 4.08. The van der Waals surface area contributed by atoms with Crippen molar-refractivity contribution in [3.63, 3.8) is 0 Å². The molecule has 0 aliphatic heterocycles. The molecule has 8 heteroatoms. The van der Waals surface area contributed by atoms with E-state index in [1.807, 2.05) is 0 Å². The second-order valence-electron chi connectivity index (χ2n) is 4.08. The molecule has 0 aliphatic carbocycles. The van der Waals surface area contributed by atoms with E-state index < -0.39 is 28.0 Å². The maximum Gasteiger partial charge on any atom is 0.342 e. The minimum Gasteiger partial charge on any atom is -0.477 e. The van der Waals surface area contributed by atoms with Crippen molar-refractivity contribution in [2.24, 2.45) is 5.92 Å². The van der Waals surface area contributed by atoms with Crippen LogP contribution in [-0.2, 0) is 0 Å². The SMILES string of the molecule is CC(CO)CNc1cc(C(=O)O)c([N+](=O)[O-])cc1F. The quantitative estimate of drug-likeness (QED) is 0.534. The van der Waals surface area contributed by atoms with Crippen molar-refractivity contribution in [1.29, 1.82) is 0 Å². The fourth-order valence-corrected chi connectivity index (χ4v) is 1.37. The van der Waals surface area contributed by atoms with Gasteiger partial charge in [-0.05, 0) is 12.0 Å². The molecule has 7 nitrogen and oxygen atoms in total. The Kier molecular flexibility index (Phi) is 4.76. The number of nitro benzene ring substituents is 1. The van der Waals surface area contributed by atoms with Crippen LogP contribution in [0.1, 0.15) is 17.3 Å². The van der Waals surface area contributed by atoms with Gasteiger partial charge >= 0.3 is 5.97 Å². The van der Waals surface area contributed by atoms with Crippen LogP contribution in [0.5, 0.6) is 0 Å². The monoisotopic (exact) mass is 272 g/mol. The summed E-state index contributed by atoms with van der Waals surface area (Å²) < 4.78 is 13.6. The minimum absolute atomic E-state index is 0.118. The predicted octanol–water partition coefficient (Wildman–Crippen LogP) is 1.47. The maximum atomic E-state index is 13.6. The molecule has 0 radical (unpaired) electrons. The van der Waals surface area contributed by atoms with Gasteiger partial charge in [-0.1, -0.05) is 6.92 Å². The average molecular weight is 272 g/mol. The third-order valence-corrected chi connectivity index (χ3v) is 2.47. The molecule has 0 saturated heterocycles. The highest BCUT2D eigenvalue weighted by Gasteiger charge is 2.23. The number of rotatable bonds is 6. The van der Waals surface area contributed by atoms with Gasteiger partial charge in [0.25, 0.3) is 5.69 Å². The highest BCUT2D eigenvalue weighted by atomic mass is 19.1. The van der Waals surface area contributed by atoms with Crippen LogP contribution in [0, 0.1) is 21.8 Å². The highest BCUT2D eigenvalue weighted by molar-refractivity contribution is 5.93. The van der Waals surface area contributed by atoms with Crippen LogP contribution in [0.3, 0.4) is 0 Å². The third kappa shape index (κ3) is 3.62. The van der Waals surface area contributed by atoms with Crippen LogP contribution < -0.4 is 5.32 Å². The Balaban J connectivity index is 3.10. The summed E-state index contributed by atoms with van der Waals surface area (Å²) in [6.07, 6.45) is 0. The Hall–Kier alpha value is -2.22. The zero-order valence-electron chi connectivity index (χ0n) is 10.1. The first-order chi connectivity index (χ1) is 8.86. The smallest absolute Gasteiger partial charge is 0.342 e. The van der Waals surface area contributed by atoms with Crippen LogP contribution in [-0.4, -0.2) is 34.3 Å². The summed E-state index contributed by atoms with van der Waals surface area (Å²) >= 11 is 0. The van der Waals surface area contributed by atoms with Crippen molar-refractivity contribution in [3.8, 4) is 0 Å². The van der Waals surface area contributed by atoms with Gasteiger partial charge < -0.3 is 15.5 Å². The number of nitrogens with one attached hydrogen (secondary N) is 1. The van der Waals surface area contributed by atoms with Gasteiger partial charge in [-0.15, -0.1) is 0 Å². The van der Waals surface area contributed by atoms with Crippen molar-refractivity contribution >= 4 is 17.3 Å². The van der Waals surface area contributed by atoms with Gasteiger partial charge in [0.05, 0.1) is 16.7 Å². The number of aromatic carboxylic acids is 1. The van der Waals surface area contributed by atoms with Crippen molar-refractivity contribution in [1.82, 2.24) is 0 Å². The molecule has 0 aliphatic rings. The Bertz CT molecular complexity index is 506. The zero-order valence-corrected chi connectivity index (χ0v) is 10.1. The molecular formula is C11H13FN2O5. The van der Waals surface area contributed by atoms with Crippen LogP contribution in [0.4, 0.5) is 15.8 Å². The van der Waals surface area contributed by atoms with E-state index in [1.54, 1.807) is 6.92 Å². The van der Waals surface area contributed by atoms with Crippen molar-refractivity contribution < 1.29 is 24.3 Å². The summed E-state index contributed by atoms with van der Waals surface area (Å²) in [5.41, 5.74) is -1.54. The average Bonchev–Trinajstić information content (AvgIpc) is 2.35. The molecule has 0 amide bonds. The number of nitrogens with zero attached hydrogens (tertiary/aromatic N) is 1.